The average Bonchev–Trinajstić information content (AvgIpc) is 3.00. The molecule has 0 unspecified atom stereocenters. The highest BCUT2D eigenvalue weighted by Gasteiger charge is 2.56. The number of carbonyl (C=O) groups is 2. The summed E-state index contributed by atoms with van der Waals surface area (Å²) in [5.74, 6) is 0.263. The van der Waals surface area contributed by atoms with Gasteiger partial charge in [0.25, 0.3) is 0 Å². The van der Waals surface area contributed by atoms with E-state index >= 15 is 0 Å². The molecule has 3 aliphatic rings. The van der Waals surface area contributed by atoms with Crippen molar-refractivity contribution < 1.29 is 28.6 Å². The van der Waals surface area contributed by atoms with Gasteiger partial charge in [0.05, 0.1) is 30.3 Å². The van der Waals surface area contributed by atoms with Crippen molar-refractivity contribution in [1.29, 1.82) is 0 Å². The first-order chi connectivity index (χ1) is 16.1. The van der Waals surface area contributed by atoms with E-state index in [0.29, 0.717) is 37.0 Å². The van der Waals surface area contributed by atoms with Crippen molar-refractivity contribution >= 4 is 11.6 Å². The Morgan fingerprint density at radius 3 is 2.56 bits per heavy atom. The van der Waals surface area contributed by atoms with Gasteiger partial charge in [-0.1, -0.05) is 13.8 Å². The predicted octanol–water partition coefficient (Wildman–Crippen LogP) is 4.64. The molecular weight excluding hydrogens is 436 g/mol. The van der Waals surface area contributed by atoms with Crippen LogP contribution in [0.1, 0.15) is 64.4 Å². The average molecular weight is 469 g/mol. The van der Waals surface area contributed by atoms with Crippen molar-refractivity contribution in [2.24, 2.45) is 11.3 Å². The highest BCUT2D eigenvalue weighted by molar-refractivity contribution is 5.87. The van der Waals surface area contributed by atoms with Gasteiger partial charge in [0, 0.05) is 36.3 Å². The lowest BCUT2D eigenvalue weighted by Crippen LogP contribution is -2.48. The zero-order valence-electron chi connectivity index (χ0n) is 20.2. The second-order valence-electron chi connectivity index (χ2n) is 10.1. The van der Waals surface area contributed by atoms with Crippen LogP contribution in [0.15, 0.2) is 39.5 Å². The number of hydrogen-bond acceptors (Lipinski definition) is 7. The molecule has 1 aliphatic carbocycles. The Kier molecular flexibility index (Phi) is 6.42. The second-order valence-corrected chi connectivity index (χ2v) is 10.1. The minimum absolute atomic E-state index is 0.0639. The number of carbonyl (C=O) groups excluding carboxylic acids is 2. The number of hydrogen-bond donors (Lipinski definition) is 1. The molecule has 2 aromatic rings. The number of aromatic hydroxyl groups is 1. The molecule has 2 bridgehead atoms. The number of methoxy groups -OCH3 is 1. The van der Waals surface area contributed by atoms with Crippen LogP contribution in [-0.4, -0.2) is 36.0 Å². The smallest absolute Gasteiger partial charge is 0.343 e. The number of fused-ring (bicyclic) bond motifs is 4. The highest BCUT2D eigenvalue weighted by Crippen LogP contribution is 2.54. The van der Waals surface area contributed by atoms with Crippen LogP contribution < -0.4 is 10.4 Å². The fourth-order valence-corrected chi connectivity index (χ4v) is 5.22. The number of ether oxygens (including phenoxy) is 2. The molecular formula is C27H32O7. The molecule has 7 heteroatoms. The summed E-state index contributed by atoms with van der Waals surface area (Å²) in [6.45, 7) is 5.80. The Balaban J connectivity index is 1.70. The molecule has 3 atom stereocenters. The van der Waals surface area contributed by atoms with E-state index in [1.807, 2.05) is 20.8 Å². The van der Waals surface area contributed by atoms with E-state index in [9.17, 15) is 19.5 Å². The monoisotopic (exact) mass is 468 g/mol. The van der Waals surface area contributed by atoms with Crippen LogP contribution in [0.25, 0.3) is 11.3 Å². The van der Waals surface area contributed by atoms with Crippen molar-refractivity contribution in [3.8, 4) is 22.8 Å². The first-order valence-corrected chi connectivity index (χ1v) is 11.8. The van der Waals surface area contributed by atoms with Crippen LogP contribution in [0.5, 0.6) is 11.5 Å². The normalized spacial score (nSPS) is 26.5. The van der Waals surface area contributed by atoms with Crippen molar-refractivity contribution in [3.05, 3.63) is 46.3 Å². The molecule has 1 saturated carbocycles. The third-order valence-corrected chi connectivity index (χ3v) is 7.63. The lowest BCUT2D eigenvalue weighted by Gasteiger charge is -2.46. The van der Waals surface area contributed by atoms with Gasteiger partial charge >= 0.3 is 5.63 Å². The van der Waals surface area contributed by atoms with Gasteiger partial charge in [0.15, 0.2) is 0 Å². The molecule has 0 spiro atoms. The Morgan fingerprint density at radius 1 is 1.24 bits per heavy atom. The van der Waals surface area contributed by atoms with Gasteiger partial charge in [-0.15, -0.1) is 0 Å². The summed E-state index contributed by atoms with van der Waals surface area (Å²) in [7, 11) is 1.56. The van der Waals surface area contributed by atoms with Gasteiger partial charge in [-0.05, 0) is 50.5 Å². The number of benzene rings is 1. The molecule has 182 valence electrons. The third-order valence-electron chi connectivity index (χ3n) is 7.63. The largest absolute Gasteiger partial charge is 0.507 e. The number of rotatable bonds is 7. The Morgan fingerprint density at radius 2 is 1.94 bits per heavy atom. The summed E-state index contributed by atoms with van der Waals surface area (Å²) >= 11 is 0. The van der Waals surface area contributed by atoms with E-state index in [1.165, 1.54) is 6.07 Å². The van der Waals surface area contributed by atoms with E-state index in [0.717, 1.165) is 0 Å². The predicted molar refractivity (Wildman–Crippen MR) is 126 cm³/mol. The molecule has 0 amide bonds. The molecule has 0 radical (unpaired) electrons. The molecule has 3 heterocycles. The van der Waals surface area contributed by atoms with Crippen LogP contribution >= 0.6 is 0 Å². The van der Waals surface area contributed by atoms with Crippen molar-refractivity contribution in [2.45, 2.75) is 64.4 Å². The minimum atomic E-state index is -0.848. The Bertz CT molecular complexity index is 1150. The van der Waals surface area contributed by atoms with Crippen LogP contribution in [0, 0.1) is 11.3 Å². The molecule has 1 aromatic carbocycles. The molecule has 3 fully saturated rings. The summed E-state index contributed by atoms with van der Waals surface area (Å²) in [4.78, 5) is 38.7. The van der Waals surface area contributed by atoms with Gasteiger partial charge in [-0.3, -0.25) is 9.59 Å². The SMILES string of the molecule is COc1ccc(-c2cc(O)c([C@@H]3C[C@]4(CCC(=O)C(C)C)CO[C@@]3(C)CCC4=O)c(=O)o2)cc1. The van der Waals surface area contributed by atoms with Crippen LogP contribution in [0.3, 0.4) is 0 Å². The maximum atomic E-state index is 13.2. The van der Waals surface area contributed by atoms with Crippen LogP contribution in [0.4, 0.5) is 0 Å². The maximum Gasteiger partial charge on any atom is 0.343 e. The topological polar surface area (TPSA) is 103 Å². The Labute approximate surface area is 199 Å². The van der Waals surface area contributed by atoms with Gasteiger partial charge in [-0.25, -0.2) is 4.79 Å². The fraction of sp³-hybridized carbons (Fsp3) is 0.519. The first kappa shape index (κ1) is 24.2. The summed E-state index contributed by atoms with van der Waals surface area (Å²) in [6, 6.07) is 8.42. The third kappa shape index (κ3) is 4.29. The summed E-state index contributed by atoms with van der Waals surface area (Å²) < 4.78 is 17.0. The second kappa shape index (κ2) is 9.02. The highest BCUT2D eigenvalue weighted by atomic mass is 16.5. The lowest BCUT2D eigenvalue weighted by atomic mass is 9.67. The molecule has 2 aliphatic heterocycles. The molecule has 1 aromatic heterocycles. The summed E-state index contributed by atoms with van der Waals surface area (Å²) in [5, 5.41) is 11.0. The minimum Gasteiger partial charge on any atom is -0.507 e. The molecule has 5 rings (SSSR count). The van der Waals surface area contributed by atoms with Gasteiger partial charge in [-0.2, -0.15) is 0 Å². The van der Waals surface area contributed by atoms with E-state index in [2.05, 4.69) is 0 Å². The van der Waals surface area contributed by atoms with Crippen molar-refractivity contribution in [3.63, 3.8) is 0 Å². The van der Waals surface area contributed by atoms with E-state index in [4.69, 9.17) is 13.9 Å². The standard InChI is InChI=1S/C27H32O7/c1-16(2)20(28)9-12-27-14-19(26(3,33-15-27)11-10-23(27)30)24-21(29)13-22(34-25(24)31)17-5-7-18(32-4)8-6-17/h5-8,13,16,19,29H,9-12,14-15H2,1-4H3/t19-,26-,27+/m0/s1. The Hall–Kier alpha value is -2.93. The molecule has 34 heavy (non-hydrogen) atoms. The number of Topliss-reactive ketones (excluding diaryl/α,β-unsaturated/α-hetero) is 2. The van der Waals surface area contributed by atoms with E-state index in [1.54, 1.807) is 31.4 Å². The summed E-state index contributed by atoms with van der Waals surface area (Å²) in [5.41, 5.74) is -1.52. The van der Waals surface area contributed by atoms with Crippen LogP contribution in [-0.2, 0) is 14.3 Å². The zero-order valence-corrected chi connectivity index (χ0v) is 20.2. The molecule has 7 nitrogen and oxygen atoms in total. The van der Waals surface area contributed by atoms with Gasteiger partial charge < -0.3 is 19.0 Å². The zero-order chi connectivity index (χ0) is 24.7. The quantitative estimate of drug-likeness (QED) is 0.631. The van der Waals surface area contributed by atoms with Crippen LogP contribution in [0.2, 0.25) is 0 Å². The van der Waals surface area contributed by atoms with Gasteiger partial charge in [0.2, 0.25) is 0 Å². The maximum absolute atomic E-state index is 13.2. The van der Waals surface area contributed by atoms with E-state index in [-0.39, 0.29) is 47.6 Å². The summed E-state index contributed by atoms with van der Waals surface area (Å²) in [6.07, 6.45) is 1.76. The molecule has 1 N–H and O–H groups in total. The molecule has 2 saturated heterocycles. The number of ketones is 2. The van der Waals surface area contributed by atoms with Crippen molar-refractivity contribution in [2.75, 3.05) is 13.7 Å². The van der Waals surface area contributed by atoms with E-state index < -0.39 is 22.6 Å². The lowest BCUT2D eigenvalue weighted by molar-refractivity contribution is -0.149. The fourth-order valence-electron chi connectivity index (χ4n) is 5.22. The van der Waals surface area contributed by atoms with Gasteiger partial charge in [0.1, 0.15) is 28.8 Å². The first-order valence-electron chi connectivity index (χ1n) is 11.8. The van der Waals surface area contributed by atoms with Crippen molar-refractivity contribution in [1.82, 2.24) is 0 Å².